The second kappa shape index (κ2) is 5.56. The highest BCUT2D eigenvalue weighted by molar-refractivity contribution is 5.83. The van der Waals surface area contributed by atoms with Gasteiger partial charge in [-0.1, -0.05) is 35.9 Å². The van der Waals surface area contributed by atoms with Crippen LogP contribution in [-0.4, -0.2) is 10.9 Å². The Morgan fingerprint density at radius 3 is 2.77 bits per heavy atom. The van der Waals surface area contributed by atoms with E-state index in [4.69, 9.17) is 0 Å². The number of aryl methyl sites for hydroxylation is 1. The monoisotopic (exact) mass is 294 g/mol. The number of carbonyl (C=O) groups is 1. The third-order valence-electron chi connectivity index (χ3n) is 4.42. The fraction of sp³-hybridized carbons (Fsp3) is 0.368. The normalized spacial score (nSPS) is 20.5. The van der Waals surface area contributed by atoms with Crippen molar-refractivity contribution in [2.24, 2.45) is 5.92 Å². The molecule has 0 unspecified atom stereocenters. The average Bonchev–Trinajstić information content (AvgIpc) is 3.28. The lowest BCUT2D eigenvalue weighted by molar-refractivity contribution is -0.124. The first-order chi connectivity index (χ1) is 10.5. The molecular formula is C19H22N2O. The summed E-state index contributed by atoms with van der Waals surface area (Å²) in [6.45, 7) is 6.18. The van der Waals surface area contributed by atoms with Gasteiger partial charge < -0.3 is 5.32 Å². The number of hydrogen-bond acceptors (Lipinski definition) is 2. The minimum atomic E-state index is -0.356. The first-order valence-electron chi connectivity index (χ1n) is 7.76. The van der Waals surface area contributed by atoms with Crippen molar-refractivity contribution in [1.82, 2.24) is 10.3 Å². The Morgan fingerprint density at radius 2 is 2.09 bits per heavy atom. The molecule has 1 amide bonds. The molecule has 1 N–H and O–H groups in total. The van der Waals surface area contributed by atoms with Crippen molar-refractivity contribution in [3.8, 4) is 0 Å². The molecule has 0 bridgehead atoms. The second-order valence-electron chi connectivity index (χ2n) is 6.72. The molecule has 0 radical (unpaired) electrons. The molecule has 3 rings (SSSR count). The number of nitrogens with one attached hydrogen (secondary N) is 1. The Kier molecular flexibility index (Phi) is 3.73. The number of rotatable bonds is 4. The predicted molar refractivity (Wildman–Crippen MR) is 87.4 cm³/mol. The van der Waals surface area contributed by atoms with Crippen LogP contribution in [0, 0.1) is 12.8 Å². The van der Waals surface area contributed by atoms with E-state index in [1.54, 1.807) is 6.20 Å². The first kappa shape index (κ1) is 14.8. The van der Waals surface area contributed by atoms with Crippen molar-refractivity contribution in [2.45, 2.75) is 38.6 Å². The third-order valence-corrected chi connectivity index (χ3v) is 4.42. The van der Waals surface area contributed by atoms with Crippen LogP contribution in [-0.2, 0) is 10.3 Å². The van der Waals surface area contributed by atoms with E-state index >= 15 is 0 Å². The molecule has 0 spiro atoms. The van der Waals surface area contributed by atoms with Crippen LogP contribution in [0.15, 0.2) is 48.8 Å². The maximum Gasteiger partial charge on any atom is 0.224 e. The summed E-state index contributed by atoms with van der Waals surface area (Å²) < 4.78 is 0. The van der Waals surface area contributed by atoms with E-state index in [0.717, 1.165) is 17.5 Å². The lowest BCUT2D eigenvalue weighted by Gasteiger charge is -2.27. The van der Waals surface area contributed by atoms with Crippen LogP contribution in [0.2, 0.25) is 0 Å². The lowest BCUT2D eigenvalue weighted by Crippen LogP contribution is -2.42. The molecule has 1 aliphatic rings. The molecule has 1 aliphatic carbocycles. The summed E-state index contributed by atoms with van der Waals surface area (Å²) >= 11 is 0. The number of carbonyl (C=O) groups excluding carboxylic acids is 1. The Hall–Kier alpha value is -2.16. The average molecular weight is 294 g/mol. The van der Waals surface area contributed by atoms with Crippen molar-refractivity contribution in [2.75, 3.05) is 0 Å². The Labute approximate surface area is 131 Å². The molecule has 1 fully saturated rings. The molecule has 1 saturated carbocycles. The van der Waals surface area contributed by atoms with Crippen molar-refractivity contribution in [1.29, 1.82) is 0 Å². The summed E-state index contributed by atoms with van der Waals surface area (Å²) in [5.74, 6) is 0.538. The van der Waals surface area contributed by atoms with Gasteiger partial charge in [-0.25, -0.2) is 0 Å². The largest absolute Gasteiger partial charge is 0.347 e. The molecule has 3 heteroatoms. The topological polar surface area (TPSA) is 42.0 Å². The molecule has 1 aromatic heterocycles. The van der Waals surface area contributed by atoms with Gasteiger partial charge in [-0.15, -0.1) is 0 Å². The molecule has 2 atom stereocenters. The van der Waals surface area contributed by atoms with E-state index < -0.39 is 0 Å². The predicted octanol–water partition coefficient (Wildman–Crippen LogP) is 3.55. The molecule has 0 aliphatic heterocycles. The van der Waals surface area contributed by atoms with Gasteiger partial charge in [0.05, 0.1) is 5.54 Å². The molecule has 3 nitrogen and oxygen atoms in total. The zero-order valence-corrected chi connectivity index (χ0v) is 13.3. The molecular weight excluding hydrogens is 272 g/mol. The van der Waals surface area contributed by atoms with Gasteiger partial charge in [-0.2, -0.15) is 0 Å². The lowest BCUT2D eigenvalue weighted by atomic mass is 9.92. The standard InChI is InChI=1S/C19H22N2O/c1-13-6-4-8-15(10-13)19(2,3)21-18(22)17-11-16(17)14-7-5-9-20-12-14/h4-10,12,16-17H,11H2,1-3H3,(H,21,22)/t16-,17+/m1/s1. The van der Waals surface area contributed by atoms with E-state index in [-0.39, 0.29) is 17.4 Å². The minimum absolute atomic E-state index is 0.0771. The number of benzene rings is 1. The first-order valence-corrected chi connectivity index (χ1v) is 7.76. The van der Waals surface area contributed by atoms with Crippen LogP contribution in [0.25, 0.3) is 0 Å². The fourth-order valence-electron chi connectivity index (χ4n) is 2.96. The number of amides is 1. The smallest absolute Gasteiger partial charge is 0.224 e. The minimum Gasteiger partial charge on any atom is -0.347 e. The van der Waals surface area contributed by atoms with Crippen LogP contribution in [0.4, 0.5) is 0 Å². The van der Waals surface area contributed by atoms with E-state index in [1.807, 2.05) is 18.3 Å². The van der Waals surface area contributed by atoms with E-state index in [2.05, 4.69) is 55.3 Å². The van der Waals surface area contributed by atoms with Gasteiger partial charge in [-0.05, 0) is 50.3 Å². The van der Waals surface area contributed by atoms with Gasteiger partial charge in [0, 0.05) is 18.3 Å². The zero-order chi connectivity index (χ0) is 15.7. The van der Waals surface area contributed by atoms with E-state index in [0.29, 0.717) is 5.92 Å². The van der Waals surface area contributed by atoms with Crippen LogP contribution >= 0.6 is 0 Å². The third kappa shape index (κ3) is 3.03. The van der Waals surface area contributed by atoms with Gasteiger partial charge in [0.1, 0.15) is 0 Å². The van der Waals surface area contributed by atoms with Gasteiger partial charge >= 0.3 is 0 Å². The van der Waals surface area contributed by atoms with Crippen molar-refractivity contribution < 1.29 is 4.79 Å². The molecule has 1 aromatic carbocycles. The van der Waals surface area contributed by atoms with Crippen molar-refractivity contribution >= 4 is 5.91 Å². The van der Waals surface area contributed by atoms with Gasteiger partial charge in [0.2, 0.25) is 5.91 Å². The van der Waals surface area contributed by atoms with Gasteiger partial charge in [0.25, 0.3) is 0 Å². The Balaban J connectivity index is 1.67. The highest BCUT2D eigenvalue weighted by atomic mass is 16.2. The quantitative estimate of drug-likeness (QED) is 0.937. The van der Waals surface area contributed by atoms with Crippen LogP contribution in [0.1, 0.15) is 42.9 Å². The fourth-order valence-corrected chi connectivity index (χ4v) is 2.96. The van der Waals surface area contributed by atoms with Crippen LogP contribution in [0.3, 0.4) is 0 Å². The number of pyridine rings is 1. The maximum atomic E-state index is 12.5. The Morgan fingerprint density at radius 1 is 1.27 bits per heavy atom. The summed E-state index contributed by atoms with van der Waals surface area (Å²) in [5, 5.41) is 3.20. The Bertz CT molecular complexity index is 679. The highest BCUT2D eigenvalue weighted by Crippen LogP contribution is 2.47. The SMILES string of the molecule is Cc1cccc(C(C)(C)NC(=O)[C@H]2C[C@@H]2c2cccnc2)c1. The number of aromatic nitrogens is 1. The summed E-state index contributed by atoms with van der Waals surface area (Å²) in [7, 11) is 0. The second-order valence-corrected chi connectivity index (χ2v) is 6.72. The zero-order valence-electron chi connectivity index (χ0n) is 13.3. The maximum absolute atomic E-state index is 12.5. The summed E-state index contributed by atoms with van der Waals surface area (Å²) in [6.07, 6.45) is 4.55. The van der Waals surface area contributed by atoms with Gasteiger partial charge in [0.15, 0.2) is 0 Å². The summed E-state index contributed by atoms with van der Waals surface area (Å²) in [4.78, 5) is 16.7. The number of hydrogen-bond donors (Lipinski definition) is 1. The molecule has 22 heavy (non-hydrogen) atoms. The molecule has 1 heterocycles. The highest BCUT2D eigenvalue weighted by Gasteiger charge is 2.45. The molecule has 0 saturated heterocycles. The van der Waals surface area contributed by atoms with Crippen molar-refractivity contribution in [3.05, 3.63) is 65.5 Å². The van der Waals surface area contributed by atoms with Crippen LogP contribution in [0.5, 0.6) is 0 Å². The summed E-state index contributed by atoms with van der Waals surface area (Å²) in [5.41, 5.74) is 3.15. The van der Waals surface area contributed by atoms with E-state index in [1.165, 1.54) is 5.56 Å². The van der Waals surface area contributed by atoms with Crippen molar-refractivity contribution in [3.63, 3.8) is 0 Å². The molecule has 114 valence electrons. The number of nitrogens with zero attached hydrogens (tertiary/aromatic N) is 1. The van der Waals surface area contributed by atoms with E-state index in [9.17, 15) is 4.79 Å². The van der Waals surface area contributed by atoms with Gasteiger partial charge in [-0.3, -0.25) is 9.78 Å². The summed E-state index contributed by atoms with van der Waals surface area (Å²) in [6, 6.07) is 12.3. The molecule has 2 aromatic rings. The van der Waals surface area contributed by atoms with Crippen LogP contribution < -0.4 is 5.32 Å².